The monoisotopic (exact) mass is 291 g/mol. The van der Waals surface area contributed by atoms with E-state index in [0.717, 1.165) is 6.07 Å². The first-order valence-corrected chi connectivity index (χ1v) is 6.16. The molecular formula is C15H11F2NO3. The van der Waals surface area contributed by atoms with Crippen molar-refractivity contribution < 1.29 is 23.4 Å². The number of hydrogen-bond acceptors (Lipinski definition) is 3. The molecule has 0 aromatic heterocycles. The predicted octanol–water partition coefficient (Wildman–Crippen LogP) is 2.16. The van der Waals surface area contributed by atoms with Crippen LogP contribution in [0.1, 0.15) is 11.1 Å². The van der Waals surface area contributed by atoms with Crippen molar-refractivity contribution in [1.82, 2.24) is 0 Å². The van der Waals surface area contributed by atoms with Gasteiger partial charge in [-0.3, -0.25) is 4.79 Å². The van der Waals surface area contributed by atoms with Crippen molar-refractivity contribution >= 4 is 11.6 Å². The lowest BCUT2D eigenvalue weighted by Gasteiger charge is -2.23. The number of rotatable bonds is 2. The smallest absolute Gasteiger partial charge is 0.266 e. The highest BCUT2D eigenvalue weighted by Gasteiger charge is 2.50. The number of ether oxygens (including phenoxy) is 1. The maximum Gasteiger partial charge on any atom is 0.266 e. The van der Waals surface area contributed by atoms with E-state index in [1.807, 2.05) is 0 Å². The summed E-state index contributed by atoms with van der Waals surface area (Å²) in [6.07, 6.45) is 0. The minimum absolute atomic E-state index is 0.0713. The summed E-state index contributed by atoms with van der Waals surface area (Å²) in [6.45, 7) is 0. The van der Waals surface area contributed by atoms with E-state index in [4.69, 9.17) is 4.74 Å². The first-order valence-electron chi connectivity index (χ1n) is 6.16. The molecular weight excluding hydrogens is 280 g/mol. The molecule has 2 aromatic rings. The molecule has 0 aliphatic carbocycles. The minimum Gasteiger partial charge on any atom is -0.496 e. The second kappa shape index (κ2) is 4.53. The highest BCUT2D eigenvalue weighted by molar-refractivity contribution is 6.08. The molecule has 6 heteroatoms. The summed E-state index contributed by atoms with van der Waals surface area (Å²) in [5.41, 5.74) is -2.43. The molecule has 1 amide bonds. The Kier molecular flexibility index (Phi) is 2.91. The van der Waals surface area contributed by atoms with E-state index in [9.17, 15) is 18.7 Å². The van der Waals surface area contributed by atoms with Crippen molar-refractivity contribution in [2.75, 3.05) is 12.4 Å². The molecule has 108 valence electrons. The molecule has 1 heterocycles. The van der Waals surface area contributed by atoms with Gasteiger partial charge in [0, 0.05) is 5.56 Å². The first-order chi connectivity index (χ1) is 10.00. The first kappa shape index (κ1) is 13.5. The van der Waals surface area contributed by atoms with E-state index in [-0.39, 0.29) is 11.3 Å². The number of benzene rings is 2. The van der Waals surface area contributed by atoms with Crippen LogP contribution in [-0.4, -0.2) is 18.1 Å². The van der Waals surface area contributed by atoms with Crippen LogP contribution in [0.3, 0.4) is 0 Å². The number of carbonyl (C=O) groups excluding carboxylic acids is 1. The number of carbonyl (C=O) groups is 1. The Morgan fingerprint density at radius 1 is 1.19 bits per heavy atom. The SMILES string of the molecule is COc1cccc2c1C(O)(c1cccc(F)c1F)C(=O)N2. The summed E-state index contributed by atoms with van der Waals surface area (Å²) < 4.78 is 32.6. The third-order valence-corrected chi connectivity index (χ3v) is 3.53. The van der Waals surface area contributed by atoms with Gasteiger partial charge in [-0.2, -0.15) is 0 Å². The van der Waals surface area contributed by atoms with Gasteiger partial charge in [0.25, 0.3) is 5.91 Å². The standard InChI is InChI=1S/C15H11F2NO3/c1-21-11-7-3-6-10-12(11)15(20,14(19)18-10)8-4-2-5-9(16)13(8)17/h2-7,20H,1H3,(H,18,19). The summed E-state index contributed by atoms with van der Waals surface area (Å²) >= 11 is 0. The van der Waals surface area contributed by atoms with E-state index < -0.39 is 28.7 Å². The lowest BCUT2D eigenvalue weighted by Crippen LogP contribution is -2.36. The maximum atomic E-state index is 14.0. The molecule has 0 saturated heterocycles. The Hall–Kier alpha value is -2.47. The van der Waals surface area contributed by atoms with Gasteiger partial charge in [0.2, 0.25) is 5.60 Å². The lowest BCUT2D eigenvalue weighted by molar-refractivity contribution is -0.130. The molecule has 0 bridgehead atoms. The highest BCUT2D eigenvalue weighted by Crippen LogP contribution is 2.46. The fourth-order valence-corrected chi connectivity index (χ4v) is 2.55. The molecule has 0 saturated carbocycles. The van der Waals surface area contributed by atoms with Crippen molar-refractivity contribution in [3.05, 3.63) is 59.2 Å². The Labute approximate surface area is 119 Å². The van der Waals surface area contributed by atoms with E-state index >= 15 is 0 Å². The molecule has 1 aliphatic heterocycles. The predicted molar refractivity (Wildman–Crippen MR) is 71.0 cm³/mol. The molecule has 1 aliphatic rings. The van der Waals surface area contributed by atoms with Gasteiger partial charge in [-0.25, -0.2) is 8.78 Å². The second-order valence-electron chi connectivity index (χ2n) is 4.65. The Balaban J connectivity index is 2.33. The summed E-state index contributed by atoms with van der Waals surface area (Å²) in [6, 6.07) is 8.00. The number of fused-ring (bicyclic) bond motifs is 1. The Bertz CT molecular complexity index is 748. The van der Waals surface area contributed by atoms with E-state index in [0.29, 0.717) is 5.69 Å². The number of aliphatic hydroxyl groups is 1. The summed E-state index contributed by atoms with van der Waals surface area (Å²) in [5, 5.41) is 13.3. The van der Waals surface area contributed by atoms with Gasteiger partial charge in [-0.15, -0.1) is 0 Å². The third kappa shape index (κ3) is 1.72. The van der Waals surface area contributed by atoms with Crippen LogP contribution in [0, 0.1) is 11.6 Å². The van der Waals surface area contributed by atoms with E-state index in [2.05, 4.69) is 5.32 Å². The van der Waals surface area contributed by atoms with Gasteiger partial charge in [0.1, 0.15) is 5.75 Å². The normalized spacial score (nSPS) is 20.1. The zero-order chi connectivity index (χ0) is 15.2. The quantitative estimate of drug-likeness (QED) is 0.891. The fraction of sp³-hybridized carbons (Fsp3) is 0.133. The summed E-state index contributed by atoms with van der Waals surface area (Å²) in [4.78, 5) is 12.2. The van der Waals surface area contributed by atoms with Gasteiger partial charge in [-0.05, 0) is 18.2 Å². The maximum absolute atomic E-state index is 14.0. The minimum atomic E-state index is -2.34. The molecule has 0 spiro atoms. The summed E-state index contributed by atoms with van der Waals surface area (Å²) in [5.74, 6) is -3.06. The van der Waals surface area contributed by atoms with Gasteiger partial charge in [0.15, 0.2) is 11.6 Å². The van der Waals surface area contributed by atoms with Crippen molar-refractivity contribution in [3.8, 4) is 5.75 Å². The van der Waals surface area contributed by atoms with Crippen molar-refractivity contribution in [2.45, 2.75) is 5.60 Å². The van der Waals surface area contributed by atoms with Crippen LogP contribution in [-0.2, 0) is 10.4 Å². The number of anilines is 1. The van der Waals surface area contributed by atoms with E-state index in [1.165, 1.54) is 25.3 Å². The molecule has 4 nitrogen and oxygen atoms in total. The Morgan fingerprint density at radius 2 is 1.90 bits per heavy atom. The van der Waals surface area contributed by atoms with Crippen LogP contribution < -0.4 is 10.1 Å². The van der Waals surface area contributed by atoms with Gasteiger partial charge in [-0.1, -0.05) is 18.2 Å². The van der Waals surface area contributed by atoms with Crippen LogP contribution in [0.15, 0.2) is 36.4 Å². The van der Waals surface area contributed by atoms with Crippen LogP contribution in [0.5, 0.6) is 5.75 Å². The molecule has 2 aromatic carbocycles. The average molecular weight is 291 g/mol. The average Bonchev–Trinajstić information content (AvgIpc) is 2.74. The molecule has 0 fully saturated rings. The molecule has 21 heavy (non-hydrogen) atoms. The number of methoxy groups -OCH3 is 1. The second-order valence-corrected chi connectivity index (χ2v) is 4.65. The molecule has 3 rings (SSSR count). The summed E-state index contributed by atoms with van der Waals surface area (Å²) in [7, 11) is 1.36. The van der Waals surface area contributed by atoms with Crippen LogP contribution in [0.2, 0.25) is 0 Å². The van der Waals surface area contributed by atoms with Crippen molar-refractivity contribution in [2.24, 2.45) is 0 Å². The number of amides is 1. The van der Waals surface area contributed by atoms with Crippen LogP contribution >= 0.6 is 0 Å². The number of nitrogens with one attached hydrogen (secondary N) is 1. The molecule has 1 unspecified atom stereocenters. The van der Waals surface area contributed by atoms with Crippen LogP contribution in [0.4, 0.5) is 14.5 Å². The number of hydrogen-bond donors (Lipinski definition) is 2. The number of halogens is 2. The molecule has 2 N–H and O–H groups in total. The molecule has 1 atom stereocenters. The lowest BCUT2D eigenvalue weighted by atomic mass is 9.86. The van der Waals surface area contributed by atoms with E-state index in [1.54, 1.807) is 12.1 Å². The molecule has 0 radical (unpaired) electrons. The van der Waals surface area contributed by atoms with Gasteiger partial charge >= 0.3 is 0 Å². The highest BCUT2D eigenvalue weighted by atomic mass is 19.2. The van der Waals surface area contributed by atoms with Crippen molar-refractivity contribution in [1.29, 1.82) is 0 Å². The third-order valence-electron chi connectivity index (χ3n) is 3.53. The Morgan fingerprint density at radius 3 is 2.62 bits per heavy atom. The van der Waals surface area contributed by atoms with Gasteiger partial charge in [0.05, 0.1) is 18.4 Å². The largest absolute Gasteiger partial charge is 0.496 e. The topological polar surface area (TPSA) is 58.6 Å². The van der Waals surface area contributed by atoms with Crippen molar-refractivity contribution in [3.63, 3.8) is 0 Å². The fourth-order valence-electron chi connectivity index (χ4n) is 2.55. The van der Waals surface area contributed by atoms with Crippen LogP contribution in [0.25, 0.3) is 0 Å². The van der Waals surface area contributed by atoms with Gasteiger partial charge < -0.3 is 15.2 Å². The zero-order valence-corrected chi connectivity index (χ0v) is 11.0. The zero-order valence-electron chi connectivity index (χ0n) is 11.0.